The topological polar surface area (TPSA) is 75.7 Å². The fraction of sp³-hybridized carbons (Fsp3) is 0.370. The molecule has 1 unspecified atom stereocenters. The highest BCUT2D eigenvalue weighted by atomic mass is 32.2. The number of carbonyl (C=O) groups excluding carboxylic acids is 1. The lowest BCUT2D eigenvalue weighted by Crippen LogP contribution is -2.36. The second-order valence-corrected chi connectivity index (χ2v) is 12.2. The van der Waals surface area contributed by atoms with Gasteiger partial charge in [-0.2, -0.15) is 4.31 Å². The van der Waals surface area contributed by atoms with Crippen molar-refractivity contribution >= 4 is 27.3 Å². The first-order chi connectivity index (χ1) is 16.8. The van der Waals surface area contributed by atoms with E-state index in [1.165, 1.54) is 4.88 Å². The summed E-state index contributed by atoms with van der Waals surface area (Å²) in [5.74, 6) is 0.592. The van der Waals surface area contributed by atoms with Crippen molar-refractivity contribution in [1.82, 2.24) is 9.62 Å². The lowest BCUT2D eigenvalue weighted by Gasteiger charge is -2.24. The maximum Gasteiger partial charge on any atom is 0.261 e. The molecule has 0 bridgehead atoms. The first-order valence-electron chi connectivity index (χ1n) is 12.1. The lowest BCUT2D eigenvalue weighted by molar-refractivity contribution is 0.0969. The Balaban J connectivity index is 1.49. The number of rotatable bonds is 6. The van der Waals surface area contributed by atoms with E-state index in [-0.39, 0.29) is 29.4 Å². The van der Waals surface area contributed by atoms with Crippen LogP contribution in [0.3, 0.4) is 0 Å². The average molecular weight is 511 g/mol. The molecule has 1 amide bonds. The summed E-state index contributed by atoms with van der Waals surface area (Å²) in [6, 6.07) is 15.4. The third kappa shape index (κ3) is 4.39. The van der Waals surface area contributed by atoms with Crippen LogP contribution in [0, 0.1) is 6.92 Å². The van der Waals surface area contributed by atoms with E-state index in [9.17, 15) is 13.2 Å². The van der Waals surface area contributed by atoms with Gasteiger partial charge in [-0.25, -0.2) is 8.42 Å². The van der Waals surface area contributed by atoms with Crippen LogP contribution in [-0.4, -0.2) is 31.3 Å². The molecule has 3 aromatic rings. The maximum absolute atomic E-state index is 13.6. The van der Waals surface area contributed by atoms with Crippen molar-refractivity contribution in [2.24, 2.45) is 0 Å². The van der Waals surface area contributed by atoms with Crippen LogP contribution in [0.25, 0.3) is 0 Å². The van der Waals surface area contributed by atoms with Gasteiger partial charge in [0.25, 0.3) is 5.91 Å². The first-order valence-corrected chi connectivity index (χ1v) is 14.3. The molecule has 0 saturated heterocycles. The minimum absolute atomic E-state index is 0.00930. The summed E-state index contributed by atoms with van der Waals surface area (Å²) >= 11 is 1.57. The Morgan fingerprint density at radius 1 is 1.17 bits per heavy atom. The van der Waals surface area contributed by atoms with Gasteiger partial charge in [0.1, 0.15) is 16.7 Å². The van der Waals surface area contributed by atoms with Gasteiger partial charge in [0.2, 0.25) is 10.0 Å². The highest BCUT2D eigenvalue weighted by Crippen LogP contribution is 2.38. The quantitative estimate of drug-likeness (QED) is 0.494. The number of ether oxygens (including phenoxy) is 1. The maximum atomic E-state index is 13.6. The summed E-state index contributed by atoms with van der Waals surface area (Å²) in [6.07, 6.45) is 1.40. The second kappa shape index (κ2) is 9.41. The predicted molar refractivity (Wildman–Crippen MR) is 138 cm³/mol. The molecule has 35 heavy (non-hydrogen) atoms. The number of thiophene rings is 1. The number of benzene rings is 2. The summed E-state index contributed by atoms with van der Waals surface area (Å²) in [7, 11) is -3.71. The van der Waals surface area contributed by atoms with Crippen molar-refractivity contribution in [3.63, 3.8) is 0 Å². The Morgan fingerprint density at radius 3 is 2.71 bits per heavy atom. The number of hydrogen-bond donors (Lipinski definition) is 1. The van der Waals surface area contributed by atoms with Crippen molar-refractivity contribution < 1.29 is 17.9 Å². The van der Waals surface area contributed by atoms with Crippen LogP contribution in [-0.2, 0) is 23.1 Å². The third-order valence-electron chi connectivity index (χ3n) is 6.97. The number of amides is 1. The van der Waals surface area contributed by atoms with E-state index >= 15 is 0 Å². The zero-order valence-corrected chi connectivity index (χ0v) is 21.8. The Morgan fingerprint density at radius 2 is 1.97 bits per heavy atom. The van der Waals surface area contributed by atoms with Gasteiger partial charge in [-0.05, 0) is 60.2 Å². The molecule has 2 atom stereocenters. The second-order valence-electron chi connectivity index (χ2n) is 9.22. The fourth-order valence-electron chi connectivity index (χ4n) is 4.87. The van der Waals surface area contributed by atoms with E-state index in [2.05, 4.69) is 36.5 Å². The van der Waals surface area contributed by atoms with Gasteiger partial charge in [-0.3, -0.25) is 4.79 Å². The molecule has 0 fully saturated rings. The van der Waals surface area contributed by atoms with E-state index in [0.717, 1.165) is 33.6 Å². The van der Waals surface area contributed by atoms with Crippen LogP contribution in [0.1, 0.15) is 69.4 Å². The minimum atomic E-state index is -3.71. The SMILES string of the molecule is CCC(c1ccc(C)c(CN2C[C@@H](CC)Oc3ccccc3S2(=O)=O)c1)c1cc2c(s1)C(=O)NC2. The molecule has 184 valence electrons. The molecule has 8 heteroatoms. The number of sulfonamides is 1. The Hall–Kier alpha value is -2.68. The van der Waals surface area contributed by atoms with Crippen LogP contribution in [0.15, 0.2) is 53.4 Å². The number of carbonyl (C=O) groups is 1. The number of fused-ring (bicyclic) bond motifs is 2. The van der Waals surface area contributed by atoms with Crippen LogP contribution in [0.4, 0.5) is 0 Å². The van der Waals surface area contributed by atoms with Gasteiger partial charge in [0.05, 0.1) is 11.4 Å². The van der Waals surface area contributed by atoms with E-state index in [0.29, 0.717) is 25.3 Å². The van der Waals surface area contributed by atoms with Crippen molar-refractivity contribution in [2.45, 2.75) is 63.6 Å². The number of para-hydroxylation sites is 1. The molecule has 1 aromatic heterocycles. The fourth-order valence-corrected chi connectivity index (χ4v) is 7.75. The van der Waals surface area contributed by atoms with Crippen LogP contribution >= 0.6 is 11.3 Å². The molecule has 2 aliphatic rings. The van der Waals surface area contributed by atoms with Gasteiger partial charge in [-0.15, -0.1) is 11.3 Å². The molecular weight excluding hydrogens is 480 g/mol. The van der Waals surface area contributed by atoms with E-state index in [4.69, 9.17) is 4.74 Å². The normalized spacial score (nSPS) is 19.9. The van der Waals surface area contributed by atoms with E-state index < -0.39 is 10.0 Å². The average Bonchev–Trinajstić information content (AvgIpc) is 3.39. The predicted octanol–water partition coefficient (Wildman–Crippen LogP) is 5.20. The highest BCUT2D eigenvalue weighted by molar-refractivity contribution is 7.89. The molecule has 2 aromatic carbocycles. The van der Waals surface area contributed by atoms with Crippen molar-refractivity contribution in [2.75, 3.05) is 6.54 Å². The summed E-state index contributed by atoms with van der Waals surface area (Å²) < 4.78 is 34.9. The zero-order valence-electron chi connectivity index (χ0n) is 20.2. The summed E-state index contributed by atoms with van der Waals surface area (Å²) in [4.78, 5) is 14.3. The molecule has 6 nitrogen and oxygen atoms in total. The minimum Gasteiger partial charge on any atom is -0.488 e. The number of nitrogens with one attached hydrogen (secondary N) is 1. The number of hydrogen-bond acceptors (Lipinski definition) is 5. The smallest absolute Gasteiger partial charge is 0.261 e. The Kier molecular flexibility index (Phi) is 6.46. The zero-order chi connectivity index (χ0) is 24.7. The molecule has 0 aliphatic carbocycles. The molecular formula is C27H30N2O4S2. The van der Waals surface area contributed by atoms with Crippen LogP contribution < -0.4 is 10.1 Å². The molecule has 0 saturated carbocycles. The standard InChI is InChI=1S/C27H30N2O4S2/c1-4-21-16-29(35(31,32)25-9-7-6-8-23(25)33-21)15-20-12-18(11-10-17(20)3)22(5-2)24-13-19-14-28-27(30)26(19)34-24/h6-13,21-22H,4-5,14-16H2,1-3H3,(H,28,30)/t21-,22?/m1/s1. The monoisotopic (exact) mass is 510 g/mol. The van der Waals surface area contributed by atoms with Crippen LogP contribution in [0.5, 0.6) is 5.75 Å². The van der Waals surface area contributed by atoms with E-state index in [1.54, 1.807) is 39.9 Å². The van der Waals surface area contributed by atoms with Gasteiger partial charge in [0, 0.05) is 23.9 Å². The Bertz CT molecular complexity index is 1380. The number of aryl methyl sites for hydroxylation is 1. The highest BCUT2D eigenvalue weighted by Gasteiger charge is 2.34. The van der Waals surface area contributed by atoms with Crippen molar-refractivity contribution in [1.29, 1.82) is 0 Å². The van der Waals surface area contributed by atoms with Gasteiger partial charge >= 0.3 is 0 Å². The Labute approximate surface area is 211 Å². The van der Waals surface area contributed by atoms with Crippen LogP contribution in [0.2, 0.25) is 0 Å². The molecule has 0 spiro atoms. The first kappa shape index (κ1) is 24.0. The summed E-state index contributed by atoms with van der Waals surface area (Å²) in [6.45, 7) is 7.37. The molecule has 1 N–H and O–H groups in total. The lowest BCUT2D eigenvalue weighted by atomic mass is 9.91. The third-order valence-corrected chi connectivity index (χ3v) is 10.1. The summed E-state index contributed by atoms with van der Waals surface area (Å²) in [5.41, 5.74) is 4.25. The van der Waals surface area contributed by atoms with Gasteiger partial charge in [0.15, 0.2) is 0 Å². The number of nitrogens with zero attached hydrogens (tertiary/aromatic N) is 1. The largest absolute Gasteiger partial charge is 0.488 e. The molecule has 2 aliphatic heterocycles. The van der Waals surface area contributed by atoms with Gasteiger partial charge in [-0.1, -0.05) is 44.2 Å². The van der Waals surface area contributed by atoms with Gasteiger partial charge < -0.3 is 10.1 Å². The molecule has 5 rings (SSSR count). The molecule has 0 radical (unpaired) electrons. The molecule has 3 heterocycles. The summed E-state index contributed by atoms with van der Waals surface area (Å²) in [5, 5.41) is 2.88. The van der Waals surface area contributed by atoms with E-state index in [1.807, 2.05) is 13.8 Å². The van der Waals surface area contributed by atoms with Crippen molar-refractivity contribution in [3.8, 4) is 5.75 Å². The van der Waals surface area contributed by atoms with Crippen molar-refractivity contribution in [3.05, 3.63) is 80.5 Å².